The van der Waals surface area contributed by atoms with Crippen LogP contribution in [0.5, 0.6) is 0 Å². The molecule has 20 heavy (non-hydrogen) atoms. The number of hydrogen-bond donors (Lipinski definition) is 1. The summed E-state index contributed by atoms with van der Waals surface area (Å²) >= 11 is 0. The van der Waals surface area contributed by atoms with Crippen LogP contribution in [0, 0.1) is 0 Å². The van der Waals surface area contributed by atoms with Crippen LogP contribution in [0.2, 0.25) is 0 Å². The molecule has 100 valence electrons. The number of anilines is 1. The molecule has 2 aromatic heterocycles. The first-order valence-corrected chi connectivity index (χ1v) is 6.34. The first-order chi connectivity index (χ1) is 9.75. The molecule has 3 aromatic rings. The summed E-state index contributed by atoms with van der Waals surface area (Å²) in [6, 6.07) is 9.93. The number of aryl methyl sites for hydroxylation is 1. The first-order valence-electron chi connectivity index (χ1n) is 6.34. The Morgan fingerprint density at radius 2 is 2.00 bits per heavy atom. The molecule has 0 aliphatic heterocycles. The third kappa shape index (κ3) is 2.25. The van der Waals surface area contributed by atoms with Gasteiger partial charge >= 0.3 is 0 Å². The molecular weight excluding hydrogens is 252 g/mol. The van der Waals surface area contributed by atoms with E-state index in [-0.39, 0.29) is 5.56 Å². The molecule has 0 aliphatic carbocycles. The summed E-state index contributed by atoms with van der Waals surface area (Å²) in [5, 5.41) is 4.16. The van der Waals surface area contributed by atoms with Crippen LogP contribution in [0.4, 0.5) is 5.82 Å². The molecule has 5 heteroatoms. The van der Waals surface area contributed by atoms with E-state index >= 15 is 0 Å². The maximum Gasteiger partial charge on any atom is 0.293 e. The molecule has 3 rings (SSSR count). The Balaban J connectivity index is 1.91. The van der Waals surface area contributed by atoms with Crippen molar-refractivity contribution in [3.8, 4) is 0 Å². The summed E-state index contributed by atoms with van der Waals surface area (Å²) < 4.78 is 1.50. The molecular formula is C15H14N4O. The van der Waals surface area contributed by atoms with Gasteiger partial charge in [-0.15, -0.1) is 0 Å². The van der Waals surface area contributed by atoms with E-state index in [1.165, 1.54) is 4.57 Å². The van der Waals surface area contributed by atoms with E-state index in [0.717, 1.165) is 16.5 Å². The van der Waals surface area contributed by atoms with Crippen molar-refractivity contribution >= 4 is 16.7 Å². The highest BCUT2D eigenvalue weighted by Crippen LogP contribution is 2.16. The molecule has 1 N–H and O–H groups in total. The number of benzene rings is 1. The Labute approximate surface area is 115 Å². The highest BCUT2D eigenvalue weighted by molar-refractivity contribution is 5.81. The number of nitrogens with zero attached hydrogens (tertiary/aromatic N) is 3. The average Bonchev–Trinajstić information content (AvgIpc) is 2.49. The standard InChI is InChI=1S/C15H14N4O/c1-19-9-8-17-14(15(19)20)18-10-12-5-2-4-11-6-3-7-16-13(11)12/h2-9H,10H2,1H3,(H,17,18). The highest BCUT2D eigenvalue weighted by Gasteiger charge is 2.05. The lowest BCUT2D eigenvalue weighted by Crippen LogP contribution is -2.21. The van der Waals surface area contributed by atoms with Crippen LogP contribution in [-0.4, -0.2) is 14.5 Å². The maximum absolute atomic E-state index is 11.9. The summed E-state index contributed by atoms with van der Waals surface area (Å²) in [7, 11) is 1.70. The van der Waals surface area contributed by atoms with Gasteiger partial charge in [-0.2, -0.15) is 0 Å². The van der Waals surface area contributed by atoms with Crippen LogP contribution >= 0.6 is 0 Å². The van der Waals surface area contributed by atoms with Crippen LogP contribution in [0.25, 0.3) is 10.9 Å². The van der Waals surface area contributed by atoms with Gasteiger partial charge in [-0.3, -0.25) is 9.78 Å². The van der Waals surface area contributed by atoms with Gasteiger partial charge in [0.2, 0.25) is 0 Å². The minimum atomic E-state index is -0.138. The Morgan fingerprint density at radius 1 is 1.15 bits per heavy atom. The second-order valence-corrected chi connectivity index (χ2v) is 4.54. The third-order valence-electron chi connectivity index (χ3n) is 3.18. The molecule has 0 unspecified atom stereocenters. The van der Waals surface area contributed by atoms with E-state index in [1.807, 2.05) is 30.3 Å². The molecule has 0 radical (unpaired) electrons. The van der Waals surface area contributed by atoms with E-state index in [2.05, 4.69) is 15.3 Å². The zero-order valence-electron chi connectivity index (χ0n) is 11.1. The summed E-state index contributed by atoms with van der Waals surface area (Å²) in [4.78, 5) is 20.3. The van der Waals surface area contributed by atoms with Crippen molar-refractivity contribution in [3.05, 3.63) is 64.8 Å². The SMILES string of the molecule is Cn1ccnc(NCc2cccc3cccnc23)c1=O. The predicted octanol–water partition coefficient (Wildman–Crippen LogP) is 1.94. The molecule has 0 atom stereocenters. The van der Waals surface area contributed by atoms with Gasteiger partial charge in [-0.05, 0) is 11.6 Å². The van der Waals surface area contributed by atoms with Crippen molar-refractivity contribution in [1.29, 1.82) is 0 Å². The lowest BCUT2D eigenvalue weighted by atomic mass is 10.1. The summed E-state index contributed by atoms with van der Waals surface area (Å²) in [6.45, 7) is 0.514. The van der Waals surface area contributed by atoms with E-state index in [1.54, 1.807) is 25.6 Å². The van der Waals surface area contributed by atoms with Gasteiger partial charge in [0.05, 0.1) is 5.52 Å². The quantitative estimate of drug-likeness (QED) is 0.787. The molecule has 0 bridgehead atoms. The summed E-state index contributed by atoms with van der Waals surface area (Å²) in [5.74, 6) is 0.350. The predicted molar refractivity (Wildman–Crippen MR) is 78.5 cm³/mol. The van der Waals surface area contributed by atoms with Gasteiger partial charge in [0.1, 0.15) is 0 Å². The fourth-order valence-corrected chi connectivity index (χ4v) is 2.11. The zero-order chi connectivity index (χ0) is 13.9. The number of hydrogen-bond acceptors (Lipinski definition) is 4. The van der Waals surface area contributed by atoms with E-state index < -0.39 is 0 Å². The Bertz CT molecular complexity index is 805. The summed E-state index contributed by atoms with van der Waals surface area (Å²) in [6.07, 6.45) is 5.00. The zero-order valence-corrected chi connectivity index (χ0v) is 11.1. The van der Waals surface area contributed by atoms with Gasteiger partial charge in [-0.25, -0.2) is 4.98 Å². The number of rotatable bonds is 3. The smallest absolute Gasteiger partial charge is 0.293 e. The second-order valence-electron chi connectivity index (χ2n) is 4.54. The Kier molecular flexibility index (Phi) is 3.16. The van der Waals surface area contributed by atoms with Crippen LogP contribution in [-0.2, 0) is 13.6 Å². The monoisotopic (exact) mass is 266 g/mol. The first kappa shape index (κ1) is 12.3. The Morgan fingerprint density at radius 3 is 2.90 bits per heavy atom. The number of nitrogens with one attached hydrogen (secondary N) is 1. The lowest BCUT2D eigenvalue weighted by molar-refractivity contribution is 0.839. The van der Waals surface area contributed by atoms with Crippen LogP contribution < -0.4 is 10.9 Å². The third-order valence-corrected chi connectivity index (χ3v) is 3.18. The van der Waals surface area contributed by atoms with Gasteiger partial charge in [-0.1, -0.05) is 24.3 Å². The number of aromatic nitrogens is 3. The molecule has 0 saturated heterocycles. The normalized spacial score (nSPS) is 10.7. The van der Waals surface area contributed by atoms with Crippen molar-refractivity contribution in [3.63, 3.8) is 0 Å². The summed E-state index contributed by atoms with van der Waals surface area (Å²) in [5.41, 5.74) is 1.84. The molecule has 5 nitrogen and oxygen atoms in total. The van der Waals surface area contributed by atoms with Gasteiger partial charge in [0.15, 0.2) is 5.82 Å². The molecule has 0 fully saturated rings. The van der Waals surface area contributed by atoms with Gasteiger partial charge in [0.25, 0.3) is 5.56 Å². The van der Waals surface area contributed by atoms with Crippen molar-refractivity contribution in [2.75, 3.05) is 5.32 Å². The minimum absolute atomic E-state index is 0.138. The highest BCUT2D eigenvalue weighted by atomic mass is 16.1. The number of para-hydroxylation sites is 1. The van der Waals surface area contributed by atoms with Crippen LogP contribution in [0.15, 0.2) is 53.7 Å². The fourth-order valence-electron chi connectivity index (χ4n) is 2.11. The molecule has 0 aliphatic rings. The maximum atomic E-state index is 11.9. The van der Waals surface area contributed by atoms with Crippen molar-refractivity contribution in [2.45, 2.75) is 6.54 Å². The lowest BCUT2D eigenvalue weighted by Gasteiger charge is -2.08. The fraction of sp³-hybridized carbons (Fsp3) is 0.133. The topological polar surface area (TPSA) is 59.8 Å². The second kappa shape index (κ2) is 5.13. The minimum Gasteiger partial charge on any atom is -0.361 e. The largest absolute Gasteiger partial charge is 0.361 e. The van der Waals surface area contributed by atoms with Gasteiger partial charge in [0, 0.05) is 37.6 Å². The molecule has 0 saturated carbocycles. The molecule has 0 amide bonds. The van der Waals surface area contributed by atoms with E-state index in [9.17, 15) is 4.79 Å². The van der Waals surface area contributed by atoms with Crippen LogP contribution in [0.1, 0.15) is 5.56 Å². The molecule has 0 spiro atoms. The van der Waals surface area contributed by atoms with E-state index in [4.69, 9.17) is 0 Å². The van der Waals surface area contributed by atoms with Gasteiger partial charge < -0.3 is 9.88 Å². The number of fused-ring (bicyclic) bond motifs is 1. The number of pyridine rings is 1. The van der Waals surface area contributed by atoms with Crippen molar-refractivity contribution in [1.82, 2.24) is 14.5 Å². The van der Waals surface area contributed by atoms with E-state index in [0.29, 0.717) is 12.4 Å². The molecule has 1 aromatic carbocycles. The molecule has 2 heterocycles. The Hall–Kier alpha value is -2.69. The van der Waals surface area contributed by atoms with Crippen molar-refractivity contribution < 1.29 is 0 Å². The van der Waals surface area contributed by atoms with Crippen molar-refractivity contribution in [2.24, 2.45) is 7.05 Å². The van der Waals surface area contributed by atoms with Crippen LogP contribution in [0.3, 0.4) is 0 Å². The average molecular weight is 266 g/mol.